The van der Waals surface area contributed by atoms with Gasteiger partial charge < -0.3 is 0 Å². The van der Waals surface area contributed by atoms with E-state index in [2.05, 4.69) is 15.3 Å². The van der Waals surface area contributed by atoms with Crippen LogP contribution in [0.4, 0.5) is 0 Å². The molecule has 0 aromatic carbocycles. The average Bonchev–Trinajstić information content (AvgIpc) is 2.43. The first-order valence-electron chi connectivity index (χ1n) is 6.77. The summed E-state index contributed by atoms with van der Waals surface area (Å²) in [5, 5.41) is 0. The molecule has 2 unspecified atom stereocenters. The quantitative estimate of drug-likeness (QED) is 0.224. The van der Waals surface area contributed by atoms with Crippen LogP contribution in [0.15, 0.2) is 0 Å². The molecule has 0 aliphatic heterocycles. The van der Waals surface area contributed by atoms with Crippen LogP contribution in [0.25, 0.3) is 0 Å². The molecule has 2 atom stereocenters. The van der Waals surface area contributed by atoms with Crippen LogP contribution in [0, 0.1) is 0 Å². The molecule has 0 rings (SSSR count). The fourth-order valence-corrected chi connectivity index (χ4v) is 2.08. The second-order valence-electron chi connectivity index (χ2n) is 4.36. The summed E-state index contributed by atoms with van der Waals surface area (Å²) in [4.78, 5) is 22.3. The van der Waals surface area contributed by atoms with Crippen molar-refractivity contribution in [2.24, 2.45) is 0 Å². The van der Waals surface area contributed by atoms with Crippen molar-refractivity contribution in [3.05, 3.63) is 0 Å². The Morgan fingerprint density at radius 3 is 2.20 bits per heavy atom. The van der Waals surface area contributed by atoms with Gasteiger partial charge in [-0.05, 0) is 6.42 Å². The van der Waals surface area contributed by atoms with Crippen molar-refractivity contribution in [1.29, 1.82) is 0 Å². The Hall–Kier alpha value is 0.410. The maximum absolute atomic E-state index is 11.6. The number of ketones is 1. The van der Waals surface area contributed by atoms with Crippen molar-refractivity contribution < 1.29 is 22.2 Å². The number of rotatable bonds is 13. The van der Waals surface area contributed by atoms with Crippen molar-refractivity contribution in [1.82, 2.24) is 0 Å². The number of aldehydes is 1. The third kappa shape index (κ3) is 12.2. The second-order valence-corrected chi connectivity index (χ2v) is 5.30. The molecule has 114 valence electrons. The molecule has 0 aliphatic carbocycles. The van der Waals surface area contributed by atoms with E-state index in [4.69, 9.17) is 0 Å². The molecule has 0 aromatic rings. The van der Waals surface area contributed by atoms with E-state index in [0.29, 0.717) is 6.29 Å². The Morgan fingerprint density at radius 2 is 1.70 bits per heavy atom. The predicted octanol–water partition coefficient (Wildman–Crippen LogP) is 1.86. The summed E-state index contributed by atoms with van der Waals surface area (Å²) in [6, 6.07) is 0. The second kappa shape index (κ2) is 15.8. The molecular formula is C13H25NaO5S. The van der Waals surface area contributed by atoms with E-state index in [9.17, 15) is 13.8 Å². The van der Waals surface area contributed by atoms with Gasteiger partial charge in [-0.2, -0.15) is 4.21 Å². The minimum absolute atomic E-state index is 0. The van der Waals surface area contributed by atoms with Gasteiger partial charge in [0.15, 0.2) is 18.2 Å². The zero-order valence-electron chi connectivity index (χ0n) is 11.8. The fraction of sp³-hybridized carbons (Fsp3) is 0.846. The van der Waals surface area contributed by atoms with Crippen LogP contribution in [0.2, 0.25) is 0 Å². The average molecular weight is 316 g/mol. The van der Waals surface area contributed by atoms with Gasteiger partial charge in [0.05, 0.1) is 7.11 Å². The van der Waals surface area contributed by atoms with E-state index in [1.807, 2.05) is 0 Å². The molecule has 0 heterocycles. The van der Waals surface area contributed by atoms with E-state index in [0.717, 1.165) is 19.3 Å². The summed E-state index contributed by atoms with van der Waals surface area (Å²) < 4.78 is 19.9. The van der Waals surface area contributed by atoms with Crippen LogP contribution in [-0.2, 0) is 29.3 Å². The molecule has 0 radical (unpaired) electrons. The summed E-state index contributed by atoms with van der Waals surface area (Å²) in [5.74, 6) is -0.339. The van der Waals surface area contributed by atoms with E-state index >= 15 is 0 Å². The molecule has 0 amide bonds. The summed E-state index contributed by atoms with van der Waals surface area (Å²) >= 11 is -2.04. The Labute approximate surface area is 146 Å². The predicted molar refractivity (Wildman–Crippen MR) is 80.9 cm³/mol. The first-order chi connectivity index (χ1) is 9.15. The van der Waals surface area contributed by atoms with Crippen LogP contribution in [0.1, 0.15) is 58.3 Å². The van der Waals surface area contributed by atoms with Gasteiger partial charge in [-0.1, -0.05) is 45.4 Å². The van der Waals surface area contributed by atoms with Gasteiger partial charge in [0.25, 0.3) is 0 Å². The third-order valence-electron chi connectivity index (χ3n) is 2.79. The van der Waals surface area contributed by atoms with E-state index in [1.165, 1.54) is 32.8 Å². The molecule has 0 spiro atoms. The molecule has 0 saturated carbocycles. The molecule has 0 saturated heterocycles. The van der Waals surface area contributed by atoms with Gasteiger partial charge in [0.1, 0.15) is 0 Å². The SMILES string of the molecule is CCCCCCCCCC(=O)C(C=O)OS(=O)OC.[NaH]. The monoisotopic (exact) mass is 316 g/mol. The summed E-state index contributed by atoms with van der Waals surface area (Å²) in [7, 11) is 1.18. The van der Waals surface area contributed by atoms with Gasteiger partial charge in [0.2, 0.25) is 0 Å². The van der Waals surface area contributed by atoms with E-state index < -0.39 is 17.5 Å². The standard InChI is InChI=1S/C13H24O5S.Na.H/c1-3-4-5-6-7-8-9-10-12(15)13(11-14)18-19(16)17-2;;/h11,13H,3-10H2,1-2H3;;. The summed E-state index contributed by atoms with van der Waals surface area (Å²) in [6.07, 6.45) is 7.05. The molecular weight excluding hydrogens is 291 g/mol. The molecule has 0 fully saturated rings. The zero-order chi connectivity index (χ0) is 14.5. The Kier molecular flexibility index (Phi) is 17.9. The van der Waals surface area contributed by atoms with Crippen molar-refractivity contribution in [3.63, 3.8) is 0 Å². The Bertz CT molecular complexity index is 286. The van der Waals surface area contributed by atoms with Crippen LogP contribution < -0.4 is 0 Å². The van der Waals surface area contributed by atoms with Crippen LogP contribution >= 0.6 is 0 Å². The van der Waals surface area contributed by atoms with Crippen LogP contribution in [0.3, 0.4) is 0 Å². The zero-order valence-corrected chi connectivity index (χ0v) is 12.6. The van der Waals surface area contributed by atoms with Gasteiger partial charge in [-0.15, -0.1) is 0 Å². The number of hydrogen-bond donors (Lipinski definition) is 0. The Balaban J connectivity index is 0. The number of hydrogen-bond acceptors (Lipinski definition) is 5. The van der Waals surface area contributed by atoms with Crippen molar-refractivity contribution in [2.45, 2.75) is 64.4 Å². The van der Waals surface area contributed by atoms with Crippen molar-refractivity contribution in [2.75, 3.05) is 7.11 Å². The first kappa shape index (κ1) is 22.7. The van der Waals surface area contributed by atoms with Crippen LogP contribution in [-0.4, -0.2) is 59.0 Å². The van der Waals surface area contributed by atoms with Crippen LogP contribution in [0.5, 0.6) is 0 Å². The topological polar surface area (TPSA) is 69.7 Å². The van der Waals surface area contributed by atoms with Gasteiger partial charge in [0, 0.05) is 6.42 Å². The molecule has 20 heavy (non-hydrogen) atoms. The summed E-state index contributed by atoms with van der Waals surface area (Å²) in [6.45, 7) is 2.17. The minimum atomic E-state index is -2.04. The number of unbranched alkanes of at least 4 members (excludes halogenated alkanes) is 6. The van der Waals surface area contributed by atoms with E-state index in [-0.39, 0.29) is 41.8 Å². The Morgan fingerprint density at radius 1 is 1.15 bits per heavy atom. The van der Waals surface area contributed by atoms with Crippen molar-refractivity contribution >= 4 is 53.0 Å². The summed E-state index contributed by atoms with van der Waals surface area (Å²) in [5.41, 5.74) is 0. The number of carbonyl (C=O) groups is 2. The molecule has 0 aromatic heterocycles. The molecule has 0 bridgehead atoms. The first-order valence-corrected chi connectivity index (χ1v) is 7.77. The molecule has 0 aliphatic rings. The normalized spacial score (nSPS) is 13.3. The fourth-order valence-electron chi connectivity index (χ4n) is 1.67. The third-order valence-corrected chi connectivity index (χ3v) is 3.42. The van der Waals surface area contributed by atoms with Gasteiger partial charge >= 0.3 is 40.9 Å². The number of carbonyl (C=O) groups excluding carboxylic acids is 2. The van der Waals surface area contributed by atoms with Crippen molar-refractivity contribution in [3.8, 4) is 0 Å². The number of Topliss-reactive ketones (excluding diaryl/α,β-unsaturated/α-hetero) is 1. The molecule has 5 nitrogen and oxygen atoms in total. The molecule has 7 heteroatoms. The molecule has 0 N–H and O–H groups in total. The van der Waals surface area contributed by atoms with Gasteiger partial charge in [-0.3, -0.25) is 13.8 Å². The maximum atomic E-state index is 11.6. The van der Waals surface area contributed by atoms with E-state index in [1.54, 1.807) is 0 Å². The van der Waals surface area contributed by atoms with Gasteiger partial charge in [-0.25, -0.2) is 4.18 Å².